The van der Waals surface area contributed by atoms with Gasteiger partial charge in [-0.05, 0) is 29.7 Å². The van der Waals surface area contributed by atoms with E-state index in [2.05, 4.69) is 10.1 Å². The Balaban J connectivity index is 1.74. The Hall–Kier alpha value is -2.09. The summed E-state index contributed by atoms with van der Waals surface area (Å²) in [5, 5.41) is 13.1. The van der Waals surface area contributed by atoms with Crippen molar-refractivity contribution < 1.29 is 23.0 Å². The third-order valence-corrected chi connectivity index (χ3v) is 3.65. The highest BCUT2D eigenvalue weighted by Gasteiger charge is 2.30. The van der Waals surface area contributed by atoms with E-state index in [0.717, 1.165) is 11.1 Å². The molecule has 0 bridgehead atoms. The lowest BCUT2D eigenvalue weighted by atomic mass is 10.0. The fraction of sp³-hybridized carbons (Fsp3) is 0.333. The average molecular weight is 354 g/mol. The van der Waals surface area contributed by atoms with Gasteiger partial charge in [0.15, 0.2) is 0 Å². The topological polar surface area (TPSA) is 67.5 Å². The molecule has 0 aromatic heterocycles. The van der Waals surface area contributed by atoms with Gasteiger partial charge in [-0.3, -0.25) is 0 Å². The normalized spacial score (nSPS) is 14.1. The van der Waals surface area contributed by atoms with Gasteiger partial charge in [0, 0.05) is 19.1 Å². The number of hydrogen-bond acceptors (Lipinski definition) is 4. The van der Waals surface area contributed by atoms with Crippen LogP contribution in [0.3, 0.4) is 0 Å². The lowest BCUT2D eigenvalue weighted by Crippen LogP contribution is -2.42. The molecule has 2 aromatic rings. The smallest absolute Gasteiger partial charge is 0.406 e. The van der Waals surface area contributed by atoms with Crippen molar-refractivity contribution in [2.45, 2.75) is 31.5 Å². The highest BCUT2D eigenvalue weighted by Crippen LogP contribution is 2.22. The molecular formula is C18H21F3N2O2. The van der Waals surface area contributed by atoms with Gasteiger partial charge in [-0.25, -0.2) is 0 Å². The summed E-state index contributed by atoms with van der Waals surface area (Å²) in [6, 6.07) is 14.8. The standard InChI is InChI=1S/C18H21F3N2O2/c19-18(20,21)25-15-8-6-14(7-9-15)11-23-12-17(24)16(22)10-13-4-2-1-3-5-13/h1-9,16-17,23-24H,10-12,22H2/t16-,17+/m0/s1. The monoisotopic (exact) mass is 354 g/mol. The van der Waals surface area contributed by atoms with Crippen LogP contribution in [0.1, 0.15) is 11.1 Å². The maximum Gasteiger partial charge on any atom is 0.573 e. The molecule has 0 unspecified atom stereocenters. The first-order chi connectivity index (χ1) is 11.8. The van der Waals surface area contributed by atoms with Crippen LogP contribution in [0, 0.1) is 0 Å². The number of aliphatic hydroxyl groups is 1. The van der Waals surface area contributed by atoms with Crippen molar-refractivity contribution in [3.8, 4) is 5.75 Å². The number of benzene rings is 2. The van der Waals surface area contributed by atoms with E-state index in [4.69, 9.17) is 5.73 Å². The van der Waals surface area contributed by atoms with Gasteiger partial charge in [0.2, 0.25) is 0 Å². The van der Waals surface area contributed by atoms with E-state index >= 15 is 0 Å². The summed E-state index contributed by atoms with van der Waals surface area (Å²) in [6.07, 6.45) is -4.86. The molecule has 0 saturated heterocycles. The summed E-state index contributed by atoms with van der Waals surface area (Å²) >= 11 is 0. The van der Waals surface area contributed by atoms with Crippen LogP contribution in [0.4, 0.5) is 13.2 Å². The zero-order valence-electron chi connectivity index (χ0n) is 13.5. The molecule has 0 radical (unpaired) electrons. The number of alkyl halides is 3. The predicted octanol–water partition coefficient (Wildman–Crippen LogP) is 2.61. The molecule has 2 aromatic carbocycles. The van der Waals surface area contributed by atoms with Crippen LogP contribution in [0.2, 0.25) is 0 Å². The molecule has 2 rings (SSSR count). The summed E-state index contributed by atoms with van der Waals surface area (Å²) in [5.41, 5.74) is 7.82. The maximum absolute atomic E-state index is 12.1. The van der Waals surface area contributed by atoms with E-state index in [9.17, 15) is 18.3 Å². The van der Waals surface area contributed by atoms with E-state index in [1.54, 1.807) is 0 Å². The minimum atomic E-state index is -4.70. The Morgan fingerprint density at radius 1 is 1.00 bits per heavy atom. The van der Waals surface area contributed by atoms with Crippen LogP contribution in [0.5, 0.6) is 5.75 Å². The molecule has 4 N–H and O–H groups in total. The molecule has 0 fully saturated rings. The van der Waals surface area contributed by atoms with E-state index in [1.165, 1.54) is 24.3 Å². The Morgan fingerprint density at radius 2 is 1.64 bits per heavy atom. The highest BCUT2D eigenvalue weighted by atomic mass is 19.4. The summed E-state index contributed by atoms with van der Waals surface area (Å²) in [6.45, 7) is 0.691. The third kappa shape index (κ3) is 7.13. The third-order valence-electron chi connectivity index (χ3n) is 3.65. The summed E-state index contributed by atoms with van der Waals surface area (Å²) in [7, 11) is 0. The zero-order chi connectivity index (χ0) is 18.3. The first kappa shape index (κ1) is 19.2. The number of rotatable bonds is 8. The van der Waals surface area contributed by atoms with Crippen LogP contribution in [-0.2, 0) is 13.0 Å². The number of hydrogen-bond donors (Lipinski definition) is 3. The minimum absolute atomic E-state index is 0.263. The number of aliphatic hydroxyl groups excluding tert-OH is 1. The molecule has 0 aliphatic rings. The van der Waals surface area contributed by atoms with Crippen molar-refractivity contribution in [2.75, 3.05) is 6.54 Å². The molecule has 136 valence electrons. The fourth-order valence-corrected chi connectivity index (χ4v) is 2.35. The van der Waals surface area contributed by atoms with Crippen LogP contribution >= 0.6 is 0 Å². The first-order valence-electron chi connectivity index (χ1n) is 7.86. The molecule has 7 heteroatoms. The number of halogens is 3. The van der Waals surface area contributed by atoms with Crippen LogP contribution in [-0.4, -0.2) is 30.2 Å². The van der Waals surface area contributed by atoms with Gasteiger partial charge < -0.3 is 20.9 Å². The fourth-order valence-electron chi connectivity index (χ4n) is 2.35. The number of ether oxygens (including phenoxy) is 1. The average Bonchev–Trinajstić information content (AvgIpc) is 2.56. The van der Waals surface area contributed by atoms with Gasteiger partial charge in [-0.2, -0.15) is 0 Å². The minimum Gasteiger partial charge on any atom is -0.406 e. The van der Waals surface area contributed by atoms with E-state index in [0.29, 0.717) is 13.0 Å². The van der Waals surface area contributed by atoms with Crippen LogP contribution < -0.4 is 15.8 Å². The van der Waals surface area contributed by atoms with Gasteiger partial charge in [-0.15, -0.1) is 13.2 Å². The molecule has 0 aliphatic carbocycles. The largest absolute Gasteiger partial charge is 0.573 e. The second-order valence-corrected chi connectivity index (χ2v) is 5.74. The van der Waals surface area contributed by atoms with Gasteiger partial charge in [0.05, 0.1) is 6.10 Å². The second-order valence-electron chi connectivity index (χ2n) is 5.74. The Kier molecular flexibility index (Phi) is 6.81. The van der Waals surface area contributed by atoms with Crippen molar-refractivity contribution in [3.05, 3.63) is 65.7 Å². The van der Waals surface area contributed by atoms with Crippen molar-refractivity contribution in [3.63, 3.8) is 0 Å². The van der Waals surface area contributed by atoms with Crippen molar-refractivity contribution in [2.24, 2.45) is 5.73 Å². The first-order valence-corrected chi connectivity index (χ1v) is 7.86. The molecule has 4 nitrogen and oxygen atoms in total. The molecular weight excluding hydrogens is 333 g/mol. The molecule has 2 atom stereocenters. The maximum atomic E-state index is 12.1. The second kappa shape index (κ2) is 8.84. The van der Waals surface area contributed by atoms with E-state index in [-0.39, 0.29) is 12.3 Å². The zero-order valence-corrected chi connectivity index (χ0v) is 13.5. The van der Waals surface area contributed by atoms with E-state index < -0.39 is 18.5 Å². The molecule has 0 heterocycles. The van der Waals surface area contributed by atoms with Gasteiger partial charge >= 0.3 is 6.36 Å². The van der Waals surface area contributed by atoms with Crippen molar-refractivity contribution in [1.82, 2.24) is 5.32 Å². The van der Waals surface area contributed by atoms with Crippen molar-refractivity contribution >= 4 is 0 Å². The summed E-state index contributed by atoms with van der Waals surface area (Å²) in [4.78, 5) is 0. The predicted molar refractivity (Wildman–Crippen MR) is 89.0 cm³/mol. The van der Waals surface area contributed by atoms with Crippen LogP contribution in [0.15, 0.2) is 54.6 Å². The van der Waals surface area contributed by atoms with Gasteiger partial charge in [0.1, 0.15) is 5.75 Å². The Labute approximate surface area is 144 Å². The van der Waals surface area contributed by atoms with Crippen molar-refractivity contribution in [1.29, 1.82) is 0 Å². The molecule has 25 heavy (non-hydrogen) atoms. The molecule has 0 spiro atoms. The van der Waals surface area contributed by atoms with Crippen LogP contribution in [0.25, 0.3) is 0 Å². The molecule has 0 amide bonds. The number of nitrogens with one attached hydrogen (secondary N) is 1. The molecule has 0 aliphatic heterocycles. The Morgan fingerprint density at radius 3 is 2.24 bits per heavy atom. The van der Waals surface area contributed by atoms with E-state index in [1.807, 2.05) is 30.3 Å². The lowest BCUT2D eigenvalue weighted by Gasteiger charge is -2.19. The quantitative estimate of drug-likeness (QED) is 0.682. The summed E-state index contributed by atoms with van der Waals surface area (Å²) in [5.74, 6) is -0.263. The summed E-state index contributed by atoms with van der Waals surface area (Å²) < 4.78 is 40.1. The molecule has 0 saturated carbocycles. The lowest BCUT2D eigenvalue weighted by molar-refractivity contribution is -0.274. The Bertz CT molecular complexity index is 633. The highest BCUT2D eigenvalue weighted by molar-refractivity contribution is 5.27. The van der Waals surface area contributed by atoms with Gasteiger partial charge in [-0.1, -0.05) is 42.5 Å². The number of nitrogens with two attached hydrogens (primary N) is 1. The SMILES string of the molecule is N[C@@H](Cc1ccccc1)[C@H](O)CNCc1ccc(OC(F)(F)F)cc1. The van der Waals surface area contributed by atoms with Gasteiger partial charge in [0.25, 0.3) is 0 Å².